The van der Waals surface area contributed by atoms with E-state index < -0.39 is 0 Å². The summed E-state index contributed by atoms with van der Waals surface area (Å²) in [4.78, 5) is 15.3. The number of fused-ring (bicyclic) bond motifs is 1. The van der Waals surface area contributed by atoms with Crippen molar-refractivity contribution in [2.24, 2.45) is 0 Å². The largest absolute Gasteiger partial charge is 0.348 e. The second-order valence-electron chi connectivity index (χ2n) is 9.80. The van der Waals surface area contributed by atoms with Gasteiger partial charge in [-0.05, 0) is 52.3 Å². The second-order valence-corrected chi connectivity index (χ2v) is 9.80. The number of nitrogens with one attached hydrogen (secondary N) is 1. The highest BCUT2D eigenvalue weighted by Gasteiger charge is 2.32. The predicted molar refractivity (Wildman–Crippen MR) is 128 cm³/mol. The van der Waals surface area contributed by atoms with E-state index in [0.29, 0.717) is 12.5 Å². The van der Waals surface area contributed by atoms with Crippen LogP contribution in [0.1, 0.15) is 69.0 Å². The molecule has 4 rings (SSSR count). The quantitative estimate of drug-likeness (QED) is 0.518. The Kier molecular flexibility index (Phi) is 5.65. The van der Waals surface area contributed by atoms with E-state index in [4.69, 9.17) is 0 Å². The molecular formula is C27H33N3O. The van der Waals surface area contributed by atoms with Gasteiger partial charge in [0, 0.05) is 30.7 Å². The fraction of sp³-hybridized carbons (Fsp3) is 0.370. The Morgan fingerprint density at radius 3 is 2.26 bits per heavy atom. The summed E-state index contributed by atoms with van der Waals surface area (Å²) in [5.41, 5.74) is 5.79. The molecule has 0 saturated carbocycles. The Labute approximate surface area is 185 Å². The van der Waals surface area contributed by atoms with Crippen LogP contribution in [0.2, 0.25) is 0 Å². The Hall–Kier alpha value is -3.01. The maximum Gasteiger partial charge on any atom is 0.322 e. The number of hydrogen-bond donors (Lipinski definition) is 1. The molecule has 0 fully saturated rings. The monoisotopic (exact) mass is 415 g/mol. The molecule has 1 aliphatic heterocycles. The summed E-state index contributed by atoms with van der Waals surface area (Å²) < 4.78 is 2.25. The van der Waals surface area contributed by atoms with Gasteiger partial charge in [0.1, 0.15) is 0 Å². The van der Waals surface area contributed by atoms with Crippen LogP contribution in [0.5, 0.6) is 0 Å². The maximum absolute atomic E-state index is 13.3. The van der Waals surface area contributed by atoms with Crippen LogP contribution in [-0.4, -0.2) is 22.0 Å². The molecule has 0 aliphatic carbocycles. The molecule has 0 bridgehead atoms. The van der Waals surface area contributed by atoms with Crippen molar-refractivity contribution >= 4 is 11.7 Å². The average molecular weight is 416 g/mol. The number of rotatable bonds is 3. The van der Waals surface area contributed by atoms with Gasteiger partial charge < -0.3 is 14.8 Å². The Bertz CT molecular complexity index is 1040. The lowest BCUT2D eigenvalue weighted by Crippen LogP contribution is -2.44. The van der Waals surface area contributed by atoms with Crippen molar-refractivity contribution in [3.05, 3.63) is 89.2 Å². The van der Waals surface area contributed by atoms with Gasteiger partial charge in [-0.15, -0.1) is 0 Å². The number of hydrogen-bond acceptors (Lipinski definition) is 1. The standard InChI is InChI=1S/C27H33N3O/c1-19(2)20-10-14-23(15-11-20)28-26(31)30-18-17-29-16-6-7-24(29)25(30)21-8-12-22(13-9-21)27(3,4)5/h6-16,19,25H,17-18H2,1-5H3,(H,28,31). The van der Waals surface area contributed by atoms with Crippen LogP contribution in [0.25, 0.3) is 0 Å². The molecule has 1 aliphatic rings. The molecule has 0 radical (unpaired) electrons. The molecule has 31 heavy (non-hydrogen) atoms. The van der Waals surface area contributed by atoms with Gasteiger partial charge in [0.05, 0.1) is 6.04 Å². The third-order valence-electron chi connectivity index (χ3n) is 6.22. The summed E-state index contributed by atoms with van der Waals surface area (Å²) in [5, 5.41) is 3.11. The summed E-state index contributed by atoms with van der Waals surface area (Å²) in [6.45, 7) is 12.5. The van der Waals surface area contributed by atoms with Gasteiger partial charge in [-0.1, -0.05) is 71.0 Å². The minimum Gasteiger partial charge on any atom is -0.348 e. The lowest BCUT2D eigenvalue weighted by Gasteiger charge is -2.37. The first-order valence-electron chi connectivity index (χ1n) is 11.2. The number of anilines is 1. The van der Waals surface area contributed by atoms with Crippen molar-refractivity contribution in [3.63, 3.8) is 0 Å². The molecule has 0 spiro atoms. The maximum atomic E-state index is 13.3. The van der Waals surface area contributed by atoms with Crippen molar-refractivity contribution in [2.75, 3.05) is 11.9 Å². The summed E-state index contributed by atoms with van der Waals surface area (Å²) in [6.07, 6.45) is 2.10. The van der Waals surface area contributed by atoms with Crippen LogP contribution in [0.4, 0.5) is 10.5 Å². The lowest BCUT2D eigenvalue weighted by molar-refractivity contribution is 0.182. The summed E-state index contributed by atoms with van der Waals surface area (Å²) >= 11 is 0. The zero-order valence-corrected chi connectivity index (χ0v) is 19.2. The zero-order valence-electron chi connectivity index (χ0n) is 19.2. The molecule has 2 aromatic carbocycles. The first kappa shape index (κ1) is 21.2. The third-order valence-corrected chi connectivity index (χ3v) is 6.22. The Morgan fingerprint density at radius 1 is 0.968 bits per heavy atom. The van der Waals surface area contributed by atoms with E-state index in [1.807, 2.05) is 17.0 Å². The number of carbonyl (C=O) groups is 1. The second kappa shape index (κ2) is 8.26. The van der Waals surface area contributed by atoms with E-state index in [1.165, 1.54) is 11.1 Å². The van der Waals surface area contributed by atoms with Crippen molar-refractivity contribution in [2.45, 2.75) is 58.5 Å². The van der Waals surface area contributed by atoms with E-state index >= 15 is 0 Å². The Balaban J connectivity index is 1.62. The van der Waals surface area contributed by atoms with Crippen LogP contribution in [0, 0.1) is 0 Å². The SMILES string of the molecule is CC(C)c1ccc(NC(=O)N2CCn3cccc3C2c2ccc(C(C)(C)C)cc2)cc1. The highest BCUT2D eigenvalue weighted by atomic mass is 16.2. The van der Waals surface area contributed by atoms with E-state index in [-0.39, 0.29) is 17.5 Å². The van der Waals surface area contributed by atoms with E-state index in [2.05, 4.69) is 99.2 Å². The molecule has 4 nitrogen and oxygen atoms in total. The number of urea groups is 1. The molecule has 3 aromatic rings. The van der Waals surface area contributed by atoms with Crippen LogP contribution in [0.3, 0.4) is 0 Å². The van der Waals surface area contributed by atoms with E-state index in [1.54, 1.807) is 0 Å². The Morgan fingerprint density at radius 2 is 1.65 bits per heavy atom. The van der Waals surface area contributed by atoms with Crippen LogP contribution < -0.4 is 5.32 Å². The smallest absolute Gasteiger partial charge is 0.322 e. The molecule has 2 heterocycles. The summed E-state index contributed by atoms with van der Waals surface area (Å²) in [7, 11) is 0. The van der Waals surface area contributed by atoms with Gasteiger partial charge in [0.2, 0.25) is 0 Å². The molecule has 4 heteroatoms. The minimum atomic E-state index is -0.104. The molecule has 162 valence electrons. The number of nitrogens with zero attached hydrogens (tertiary/aromatic N) is 2. The van der Waals surface area contributed by atoms with Gasteiger partial charge >= 0.3 is 6.03 Å². The van der Waals surface area contributed by atoms with Crippen LogP contribution in [0.15, 0.2) is 66.9 Å². The fourth-order valence-corrected chi connectivity index (χ4v) is 4.26. The molecular weight excluding hydrogens is 382 g/mol. The lowest BCUT2D eigenvalue weighted by atomic mass is 9.86. The van der Waals surface area contributed by atoms with Crippen LogP contribution in [-0.2, 0) is 12.0 Å². The average Bonchev–Trinajstić information content (AvgIpc) is 3.21. The van der Waals surface area contributed by atoms with Crippen LogP contribution >= 0.6 is 0 Å². The normalized spacial score (nSPS) is 16.3. The molecule has 1 aromatic heterocycles. The highest BCUT2D eigenvalue weighted by molar-refractivity contribution is 5.90. The molecule has 0 saturated heterocycles. The first-order valence-corrected chi connectivity index (χ1v) is 11.2. The predicted octanol–water partition coefficient (Wildman–Crippen LogP) is 6.55. The molecule has 2 amide bonds. The summed E-state index contributed by atoms with van der Waals surface area (Å²) in [5.74, 6) is 0.472. The number of aromatic nitrogens is 1. The van der Waals surface area contributed by atoms with E-state index in [9.17, 15) is 4.79 Å². The third kappa shape index (κ3) is 4.39. The zero-order chi connectivity index (χ0) is 22.2. The van der Waals surface area contributed by atoms with Crippen molar-refractivity contribution in [1.82, 2.24) is 9.47 Å². The van der Waals surface area contributed by atoms with Gasteiger partial charge in [-0.25, -0.2) is 4.79 Å². The molecule has 1 unspecified atom stereocenters. The van der Waals surface area contributed by atoms with Crippen molar-refractivity contribution in [1.29, 1.82) is 0 Å². The van der Waals surface area contributed by atoms with Gasteiger partial charge in [0.25, 0.3) is 0 Å². The fourth-order valence-electron chi connectivity index (χ4n) is 4.26. The van der Waals surface area contributed by atoms with Gasteiger partial charge in [0.15, 0.2) is 0 Å². The van der Waals surface area contributed by atoms with E-state index in [0.717, 1.165) is 23.5 Å². The van der Waals surface area contributed by atoms with Crippen molar-refractivity contribution in [3.8, 4) is 0 Å². The number of carbonyl (C=O) groups excluding carboxylic acids is 1. The molecule has 1 atom stereocenters. The minimum absolute atomic E-state index is 0.0605. The number of benzene rings is 2. The molecule has 1 N–H and O–H groups in total. The summed E-state index contributed by atoms with van der Waals surface area (Å²) in [6, 6.07) is 20.9. The van der Waals surface area contributed by atoms with Crippen molar-refractivity contribution < 1.29 is 4.79 Å². The number of amides is 2. The topological polar surface area (TPSA) is 37.3 Å². The first-order chi connectivity index (χ1) is 14.7. The highest BCUT2D eigenvalue weighted by Crippen LogP contribution is 2.34. The van der Waals surface area contributed by atoms with Gasteiger partial charge in [-0.2, -0.15) is 0 Å². The van der Waals surface area contributed by atoms with Gasteiger partial charge in [-0.3, -0.25) is 0 Å².